The lowest BCUT2D eigenvalue weighted by atomic mass is 9.89. The van der Waals surface area contributed by atoms with Crippen LogP contribution in [0, 0.1) is 12.8 Å². The van der Waals surface area contributed by atoms with Gasteiger partial charge in [0.1, 0.15) is 0 Å². The molecule has 0 amide bonds. The molecule has 1 aromatic rings. The van der Waals surface area contributed by atoms with Crippen molar-refractivity contribution >= 4 is 0 Å². The Morgan fingerprint density at radius 1 is 1.29 bits per heavy atom. The lowest BCUT2D eigenvalue weighted by molar-refractivity contribution is 0.367. The Labute approximate surface area is 106 Å². The van der Waals surface area contributed by atoms with Gasteiger partial charge in [-0.3, -0.25) is 4.98 Å². The number of aromatic nitrogens is 1. The van der Waals surface area contributed by atoms with E-state index in [9.17, 15) is 0 Å². The third-order valence-electron chi connectivity index (χ3n) is 3.48. The molecule has 0 aliphatic carbocycles. The van der Waals surface area contributed by atoms with E-state index in [1.165, 1.54) is 31.2 Å². The summed E-state index contributed by atoms with van der Waals surface area (Å²) < 4.78 is 0. The molecule has 2 nitrogen and oxygen atoms in total. The van der Waals surface area contributed by atoms with Crippen LogP contribution in [0.4, 0.5) is 0 Å². The molecule has 2 atom stereocenters. The maximum absolute atomic E-state index is 6.30. The van der Waals surface area contributed by atoms with Crippen LogP contribution in [0.2, 0.25) is 0 Å². The number of hydrogen-bond acceptors (Lipinski definition) is 2. The van der Waals surface area contributed by atoms with Crippen LogP contribution in [0.15, 0.2) is 18.3 Å². The maximum Gasteiger partial charge on any atom is 0.0419 e. The number of unbranched alkanes of at least 4 members (excludes halogenated alkanes) is 1. The SMILES string of the molecule is CCCCC(CC)C(N)Cc1ccc(C)cn1. The third kappa shape index (κ3) is 4.86. The van der Waals surface area contributed by atoms with Gasteiger partial charge in [0.25, 0.3) is 0 Å². The summed E-state index contributed by atoms with van der Waals surface area (Å²) in [6.07, 6.45) is 7.80. The minimum absolute atomic E-state index is 0.252. The van der Waals surface area contributed by atoms with E-state index in [2.05, 4.69) is 37.9 Å². The topological polar surface area (TPSA) is 38.9 Å². The molecular formula is C15H26N2. The highest BCUT2D eigenvalue weighted by atomic mass is 14.7. The molecule has 0 saturated heterocycles. The molecule has 0 aliphatic heterocycles. The zero-order valence-electron chi connectivity index (χ0n) is 11.4. The Morgan fingerprint density at radius 2 is 2.06 bits per heavy atom. The molecule has 0 bridgehead atoms. The molecule has 96 valence electrons. The van der Waals surface area contributed by atoms with Crippen molar-refractivity contribution in [2.45, 2.75) is 58.9 Å². The lowest BCUT2D eigenvalue weighted by Crippen LogP contribution is -2.32. The molecule has 2 N–H and O–H groups in total. The highest BCUT2D eigenvalue weighted by molar-refractivity contribution is 5.13. The maximum atomic E-state index is 6.30. The number of nitrogens with zero attached hydrogens (tertiary/aromatic N) is 1. The van der Waals surface area contributed by atoms with Crippen molar-refractivity contribution in [1.82, 2.24) is 4.98 Å². The van der Waals surface area contributed by atoms with E-state index in [0.29, 0.717) is 5.92 Å². The Morgan fingerprint density at radius 3 is 2.59 bits per heavy atom. The second-order valence-electron chi connectivity index (χ2n) is 5.01. The van der Waals surface area contributed by atoms with Gasteiger partial charge in [0.15, 0.2) is 0 Å². The molecule has 0 fully saturated rings. The van der Waals surface area contributed by atoms with E-state index in [0.717, 1.165) is 12.1 Å². The second-order valence-corrected chi connectivity index (χ2v) is 5.01. The molecule has 0 spiro atoms. The van der Waals surface area contributed by atoms with Crippen molar-refractivity contribution in [3.05, 3.63) is 29.6 Å². The highest BCUT2D eigenvalue weighted by Crippen LogP contribution is 2.18. The number of pyridine rings is 1. The van der Waals surface area contributed by atoms with Crippen molar-refractivity contribution < 1.29 is 0 Å². The summed E-state index contributed by atoms with van der Waals surface area (Å²) in [5.74, 6) is 0.637. The first-order valence-electron chi connectivity index (χ1n) is 6.84. The number of nitrogens with two attached hydrogens (primary N) is 1. The number of aryl methyl sites for hydroxylation is 1. The molecular weight excluding hydrogens is 208 g/mol. The summed E-state index contributed by atoms with van der Waals surface area (Å²) in [5, 5.41) is 0. The van der Waals surface area contributed by atoms with Gasteiger partial charge in [-0.2, -0.15) is 0 Å². The van der Waals surface area contributed by atoms with Crippen molar-refractivity contribution in [2.75, 3.05) is 0 Å². The normalized spacial score (nSPS) is 14.6. The van der Waals surface area contributed by atoms with E-state index < -0.39 is 0 Å². The molecule has 0 radical (unpaired) electrons. The molecule has 1 heterocycles. The monoisotopic (exact) mass is 234 g/mol. The van der Waals surface area contributed by atoms with Crippen LogP contribution in [0.25, 0.3) is 0 Å². The summed E-state index contributed by atoms with van der Waals surface area (Å²) in [7, 11) is 0. The molecule has 2 heteroatoms. The first-order chi connectivity index (χ1) is 8.17. The standard InChI is InChI=1S/C15H26N2/c1-4-6-7-13(5-2)15(16)10-14-9-8-12(3)11-17-14/h8-9,11,13,15H,4-7,10,16H2,1-3H3. The minimum Gasteiger partial charge on any atom is -0.327 e. The van der Waals surface area contributed by atoms with Crippen molar-refractivity contribution in [3.8, 4) is 0 Å². The first-order valence-corrected chi connectivity index (χ1v) is 6.84. The molecule has 2 unspecified atom stereocenters. The van der Waals surface area contributed by atoms with Gasteiger partial charge < -0.3 is 5.73 Å². The molecule has 0 aromatic carbocycles. The molecule has 0 saturated carbocycles. The van der Waals surface area contributed by atoms with Crippen LogP contribution >= 0.6 is 0 Å². The Hall–Kier alpha value is -0.890. The zero-order valence-corrected chi connectivity index (χ0v) is 11.4. The fourth-order valence-electron chi connectivity index (χ4n) is 2.21. The van der Waals surface area contributed by atoms with Crippen molar-refractivity contribution in [1.29, 1.82) is 0 Å². The molecule has 1 aromatic heterocycles. The Kier molecular flexibility index (Phi) is 6.20. The average molecular weight is 234 g/mol. The highest BCUT2D eigenvalue weighted by Gasteiger charge is 2.16. The van der Waals surface area contributed by atoms with Gasteiger partial charge >= 0.3 is 0 Å². The molecule has 0 aliphatic rings. The summed E-state index contributed by atoms with van der Waals surface area (Å²) in [5.41, 5.74) is 8.63. The lowest BCUT2D eigenvalue weighted by Gasteiger charge is -2.22. The van der Waals surface area contributed by atoms with Crippen LogP contribution in [-0.2, 0) is 6.42 Å². The number of rotatable bonds is 7. The van der Waals surface area contributed by atoms with E-state index >= 15 is 0 Å². The summed E-state index contributed by atoms with van der Waals surface area (Å²) in [6, 6.07) is 4.46. The van der Waals surface area contributed by atoms with Crippen LogP contribution in [-0.4, -0.2) is 11.0 Å². The largest absolute Gasteiger partial charge is 0.327 e. The van der Waals surface area contributed by atoms with Gasteiger partial charge in [-0.25, -0.2) is 0 Å². The van der Waals surface area contributed by atoms with Gasteiger partial charge in [-0.1, -0.05) is 39.2 Å². The van der Waals surface area contributed by atoms with E-state index in [1.807, 2.05) is 6.20 Å². The number of hydrogen-bond donors (Lipinski definition) is 1. The van der Waals surface area contributed by atoms with Crippen LogP contribution < -0.4 is 5.73 Å². The fraction of sp³-hybridized carbons (Fsp3) is 0.667. The summed E-state index contributed by atoms with van der Waals surface area (Å²) in [6.45, 7) is 6.54. The van der Waals surface area contributed by atoms with Crippen LogP contribution in [0.1, 0.15) is 50.8 Å². The fourth-order valence-corrected chi connectivity index (χ4v) is 2.21. The van der Waals surface area contributed by atoms with Crippen LogP contribution in [0.3, 0.4) is 0 Å². The quantitative estimate of drug-likeness (QED) is 0.784. The Bertz CT molecular complexity index is 305. The zero-order chi connectivity index (χ0) is 12.7. The Balaban J connectivity index is 2.51. The van der Waals surface area contributed by atoms with Crippen molar-refractivity contribution in [3.63, 3.8) is 0 Å². The van der Waals surface area contributed by atoms with Gasteiger partial charge in [0.2, 0.25) is 0 Å². The van der Waals surface area contributed by atoms with Crippen molar-refractivity contribution in [2.24, 2.45) is 11.7 Å². The summed E-state index contributed by atoms with van der Waals surface area (Å²) in [4.78, 5) is 4.44. The average Bonchev–Trinajstić information content (AvgIpc) is 2.33. The smallest absolute Gasteiger partial charge is 0.0419 e. The molecule has 1 rings (SSSR count). The van der Waals surface area contributed by atoms with E-state index in [-0.39, 0.29) is 6.04 Å². The first kappa shape index (κ1) is 14.2. The predicted molar refractivity (Wildman–Crippen MR) is 74.0 cm³/mol. The predicted octanol–water partition coefficient (Wildman–Crippen LogP) is 3.48. The van der Waals surface area contributed by atoms with Crippen LogP contribution in [0.5, 0.6) is 0 Å². The third-order valence-corrected chi connectivity index (χ3v) is 3.48. The molecule has 17 heavy (non-hydrogen) atoms. The van der Waals surface area contributed by atoms with Gasteiger partial charge in [-0.15, -0.1) is 0 Å². The minimum atomic E-state index is 0.252. The van der Waals surface area contributed by atoms with E-state index in [1.54, 1.807) is 0 Å². The van der Waals surface area contributed by atoms with Gasteiger partial charge in [-0.05, 0) is 30.9 Å². The van der Waals surface area contributed by atoms with Gasteiger partial charge in [0, 0.05) is 24.4 Å². The van der Waals surface area contributed by atoms with Gasteiger partial charge in [0.05, 0.1) is 0 Å². The summed E-state index contributed by atoms with van der Waals surface area (Å²) >= 11 is 0. The van der Waals surface area contributed by atoms with E-state index in [4.69, 9.17) is 5.73 Å². The second kappa shape index (κ2) is 7.44.